The zero-order valence-corrected chi connectivity index (χ0v) is 12.7. The predicted octanol–water partition coefficient (Wildman–Crippen LogP) is 3.66. The van der Waals surface area contributed by atoms with Crippen molar-refractivity contribution >= 4 is 27.3 Å². The topological polar surface area (TPSA) is 23.5 Å². The van der Waals surface area contributed by atoms with E-state index in [4.69, 9.17) is 0 Å². The smallest absolute Gasteiger partial charge is 0.0992 e. The summed E-state index contributed by atoms with van der Waals surface area (Å²) >= 11 is 5.12. The standard InChI is InChI=1S/C12H20BrNOS/c1-5-12(6-2,14(3)4)11(15)9-7-16-8-10(9)13/h7-8,11,15H,5-6H2,1-4H3. The lowest BCUT2D eigenvalue weighted by Gasteiger charge is -2.42. The molecule has 0 aromatic carbocycles. The summed E-state index contributed by atoms with van der Waals surface area (Å²) in [5, 5.41) is 14.7. The van der Waals surface area contributed by atoms with E-state index in [0.29, 0.717) is 0 Å². The Morgan fingerprint density at radius 2 is 1.94 bits per heavy atom. The Balaban J connectivity index is 3.09. The molecule has 92 valence electrons. The fraction of sp³-hybridized carbons (Fsp3) is 0.667. The van der Waals surface area contributed by atoms with Crippen molar-refractivity contribution < 1.29 is 5.11 Å². The highest BCUT2D eigenvalue weighted by molar-refractivity contribution is 9.10. The summed E-state index contributed by atoms with van der Waals surface area (Å²) in [6, 6.07) is 0. The van der Waals surface area contributed by atoms with Gasteiger partial charge in [0.1, 0.15) is 0 Å². The van der Waals surface area contributed by atoms with E-state index in [9.17, 15) is 5.11 Å². The van der Waals surface area contributed by atoms with E-state index in [2.05, 4.69) is 34.7 Å². The van der Waals surface area contributed by atoms with Crippen molar-refractivity contribution in [2.45, 2.75) is 38.3 Å². The molecule has 1 N–H and O–H groups in total. The van der Waals surface area contributed by atoms with Crippen molar-refractivity contribution in [2.24, 2.45) is 0 Å². The van der Waals surface area contributed by atoms with Crippen LogP contribution < -0.4 is 0 Å². The van der Waals surface area contributed by atoms with Gasteiger partial charge in [0.2, 0.25) is 0 Å². The minimum absolute atomic E-state index is 0.177. The number of hydrogen-bond acceptors (Lipinski definition) is 3. The number of aliphatic hydroxyl groups excluding tert-OH is 1. The lowest BCUT2D eigenvalue weighted by molar-refractivity contribution is -0.0151. The van der Waals surface area contributed by atoms with E-state index < -0.39 is 6.10 Å². The Morgan fingerprint density at radius 3 is 2.25 bits per heavy atom. The molecule has 2 nitrogen and oxygen atoms in total. The highest BCUT2D eigenvalue weighted by atomic mass is 79.9. The molecular formula is C12H20BrNOS. The number of rotatable bonds is 5. The van der Waals surface area contributed by atoms with E-state index >= 15 is 0 Å². The van der Waals surface area contributed by atoms with Gasteiger partial charge in [-0.15, -0.1) is 0 Å². The third-order valence-corrected chi connectivity index (χ3v) is 5.31. The summed E-state index contributed by atoms with van der Waals surface area (Å²) in [5.74, 6) is 0. The Bertz CT molecular complexity index is 334. The predicted molar refractivity (Wildman–Crippen MR) is 74.0 cm³/mol. The first-order valence-corrected chi connectivity index (χ1v) is 7.30. The van der Waals surface area contributed by atoms with Crippen LogP contribution in [0.15, 0.2) is 15.2 Å². The largest absolute Gasteiger partial charge is 0.386 e. The van der Waals surface area contributed by atoms with Crippen LogP contribution in [0.3, 0.4) is 0 Å². The molecule has 1 atom stereocenters. The summed E-state index contributed by atoms with van der Waals surface area (Å²) in [6.07, 6.45) is 1.41. The summed E-state index contributed by atoms with van der Waals surface area (Å²) < 4.78 is 1.01. The van der Waals surface area contributed by atoms with Crippen LogP contribution >= 0.6 is 27.3 Å². The minimum Gasteiger partial charge on any atom is -0.386 e. The van der Waals surface area contributed by atoms with Gasteiger partial charge in [-0.25, -0.2) is 0 Å². The molecule has 0 spiro atoms. The molecule has 1 unspecified atom stereocenters. The SMILES string of the molecule is CCC(CC)(C(O)c1cscc1Br)N(C)C. The summed E-state index contributed by atoms with van der Waals surface area (Å²) in [5.41, 5.74) is 0.825. The molecule has 0 saturated heterocycles. The van der Waals surface area contributed by atoms with Crippen molar-refractivity contribution in [3.8, 4) is 0 Å². The van der Waals surface area contributed by atoms with Gasteiger partial charge in [0.25, 0.3) is 0 Å². The van der Waals surface area contributed by atoms with E-state index in [1.165, 1.54) is 0 Å². The third-order valence-electron chi connectivity index (χ3n) is 3.56. The average Bonchev–Trinajstić information content (AvgIpc) is 2.66. The van der Waals surface area contributed by atoms with Crippen molar-refractivity contribution in [1.29, 1.82) is 0 Å². The van der Waals surface area contributed by atoms with Crippen molar-refractivity contribution in [1.82, 2.24) is 4.90 Å². The van der Waals surface area contributed by atoms with Gasteiger partial charge in [0.05, 0.1) is 11.6 Å². The maximum Gasteiger partial charge on any atom is 0.0992 e. The highest BCUT2D eigenvalue weighted by Crippen LogP contribution is 2.39. The second-order valence-electron chi connectivity index (χ2n) is 4.28. The lowest BCUT2D eigenvalue weighted by Crippen LogP contribution is -2.48. The van der Waals surface area contributed by atoms with Gasteiger partial charge in [-0.1, -0.05) is 13.8 Å². The van der Waals surface area contributed by atoms with Gasteiger partial charge in [0, 0.05) is 15.4 Å². The number of thiophene rings is 1. The Hall–Kier alpha value is 0.1000. The van der Waals surface area contributed by atoms with Gasteiger partial charge >= 0.3 is 0 Å². The molecule has 0 bridgehead atoms. The zero-order chi connectivity index (χ0) is 12.3. The maximum absolute atomic E-state index is 10.6. The van der Waals surface area contributed by atoms with Crippen LogP contribution in [-0.2, 0) is 0 Å². The average molecular weight is 306 g/mol. The zero-order valence-electron chi connectivity index (χ0n) is 10.3. The van der Waals surface area contributed by atoms with Crippen LogP contribution in [0.1, 0.15) is 38.4 Å². The maximum atomic E-state index is 10.6. The Labute approximate surface area is 110 Å². The molecule has 1 rings (SSSR count). The van der Waals surface area contributed by atoms with Crippen LogP contribution in [0.2, 0.25) is 0 Å². The summed E-state index contributed by atoms with van der Waals surface area (Å²) in [6.45, 7) is 4.26. The number of likely N-dealkylation sites (N-methyl/N-ethyl adjacent to an activating group) is 1. The first-order valence-electron chi connectivity index (χ1n) is 5.56. The van der Waals surface area contributed by atoms with E-state index in [1.807, 2.05) is 24.9 Å². The molecule has 4 heteroatoms. The molecule has 1 heterocycles. The molecule has 1 aromatic rings. The normalized spacial score (nSPS) is 14.4. The number of hydrogen-bond donors (Lipinski definition) is 1. The van der Waals surface area contributed by atoms with Gasteiger partial charge in [0.15, 0.2) is 0 Å². The molecule has 0 radical (unpaired) electrons. The third kappa shape index (κ3) is 2.35. The number of aliphatic hydroxyl groups is 1. The monoisotopic (exact) mass is 305 g/mol. The van der Waals surface area contributed by atoms with Crippen LogP contribution in [-0.4, -0.2) is 29.6 Å². The first kappa shape index (κ1) is 14.2. The number of halogens is 1. The molecule has 16 heavy (non-hydrogen) atoms. The fourth-order valence-corrected chi connectivity index (χ4v) is 3.82. The molecule has 0 fully saturated rings. The molecule has 0 saturated carbocycles. The molecule has 0 amide bonds. The Morgan fingerprint density at radius 1 is 1.38 bits per heavy atom. The highest BCUT2D eigenvalue weighted by Gasteiger charge is 2.38. The van der Waals surface area contributed by atoms with Crippen LogP contribution in [0, 0.1) is 0 Å². The van der Waals surface area contributed by atoms with Crippen molar-refractivity contribution in [3.63, 3.8) is 0 Å². The van der Waals surface area contributed by atoms with Crippen molar-refractivity contribution in [2.75, 3.05) is 14.1 Å². The minimum atomic E-state index is -0.446. The Kier molecular flexibility index (Phi) is 4.98. The molecule has 0 aliphatic heterocycles. The van der Waals surface area contributed by atoms with E-state index in [1.54, 1.807) is 11.3 Å². The fourth-order valence-electron chi connectivity index (χ4n) is 2.29. The van der Waals surface area contributed by atoms with Gasteiger partial charge in [-0.2, -0.15) is 11.3 Å². The molecule has 1 aromatic heterocycles. The molecule has 0 aliphatic rings. The molecular weight excluding hydrogens is 286 g/mol. The number of nitrogens with zero attached hydrogens (tertiary/aromatic N) is 1. The van der Waals surface area contributed by atoms with Crippen LogP contribution in [0.4, 0.5) is 0 Å². The second kappa shape index (κ2) is 5.63. The molecule has 0 aliphatic carbocycles. The van der Waals surface area contributed by atoms with Crippen LogP contribution in [0.5, 0.6) is 0 Å². The second-order valence-corrected chi connectivity index (χ2v) is 5.88. The quantitative estimate of drug-likeness (QED) is 0.897. The lowest BCUT2D eigenvalue weighted by atomic mass is 9.82. The van der Waals surface area contributed by atoms with Gasteiger partial charge in [-0.05, 0) is 48.2 Å². The van der Waals surface area contributed by atoms with E-state index in [-0.39, 0.29) is 5.54 Å². The summed E-state index contributed by atoms with van der Waals surface area (Å²) in [4.78, 5) is 2.14. The first-order chi connectivity index (χ1) is 7.49. The van der Waals surface area contributed by atoms with Gasteiger partial charge in [-0.3, -0.25) is 0 Å². The van der Waals surface area contributed by atoms with Crippen LogP contribution in [0.25, 0.3) is 0 Å². The van der Waals surface area contributed by atoms with Crippen molar-refractivity contribution in [3.05, 3.63) is 20.8 Å². The van der Waals surface area contributed by atoms with Gasteiger partial charge < -0.3 is 10.0 Å². The van der Waals surface area contributed by atoms with E-state index in [0.717, 1.165) is 22.9 Å². The summed E-state index contributed by atoms with van der Waals surface area (Å²) in [7, 11) is 4.08.